The van der Waals surface area contributed by atoms with Gasteiger partial charge in [-0.3, -0.25) is 4.57 Å². The molecule has 1 heterocycles. The minimum absolute atomic E-state index is 0.156. The molecule has 0 aliphatic rings. The zero-order chi connectivity index (χ0) is 15.1. The highest BCUT2D eigenvalue weighted by atomic mass is 79.9. The molecule has 0 saturated carbocycles. The van der Waals surface area contributed by atoms with Crippen LogP contribution >= 0.6 is 27.5 Å². The summed E-state index contributed by atoms with van der Waals surface area (Å²) < 4.78 is 3.21. The van der Waals surface area contributed by atoms with Crippen molar-refractivity contribution in [2.24, 2.45) is 0 Å². The van der Waals surface area contributed by atoms with Gasteiger partial charge in [0.05, 0.1) is 16.4 Å². The number of benzene rings is 2. The molecule has 0 bridgehead atoms. The first-order valence-electron chi connectivity index (χ1n) is 6.87. The van der Waals surface area contributed by atoms with E-state index < -0.39 is 0 Å². The molecule has 4 heteroatoms. The Balaban J connectivity index is 2.39. The summed E-state index contributed by atoms with van der Waals surface area (Å²) in [6.07, 6.45) is 0. The lowest BCUT2D eigenvalue weighted by Crippen LogP contribution is -2.02. The van der Waals surface area contributed by atoms with Gasteiger partial charge in [-0.25, -0.2) is 4.98 Å². The van der Waals surface area contributed by atoms with Gasteiger partial charge in [-0.2, -0.15) is 0 Å². The number of aromatic nitrogens is 2. The molecule has 0 aliphatic heterocycles. The van der Waals surface area contributed by atoms with Gasteiger partial charge in [0.2, 0.25) is 0 Å². The summed E-state index contributed by atoms with van der Waals surface area (Å²) in [6.45, 7) is 6.12. The van der Waals surface area contributed by atoms with Gasteiger partial charge >= 0.3 is 0 Å². The molecule has 1 unspecified atom stereocenters. The second kappa shape index (κ2) is 5.47. The van der Waals surface area contributed by atoms with Crippen LogP contribution in [0.15, 0.2) is 40.9 Å². The van der Waals surface area contributed by atoms with Crippen LogP contribution in [0.1, 0.15) is 29.3 Å². The normalized spacial score (nSPS) is 12.8. The number of hydrogen-bond donors (Lipinski definition) is 0. The van der Waals surface area contributed by atoms with Gasteiger partial charge in [0.25, 0.3) is 0 Å². The fourth-order valence-corrected chi connectivity index (χ4v) is 3.38. The van der Waals surface area contributed by atoms with Crippen molar-refractivity contribution in [1.82, 2.24) is 9.55 Å². The van der Waals surface area contributed by atoms with E-state index >= 15 is 0 Å². The molecule has 3 rings (SSSR count). The van der Waals surface area contributed by atoms with Crippen LogP contribution in [0, 0.1) is 13.8 Å². The Kier molecular flexibility index (Phi) is 3.80. The van der Waals surface area contributed by atoms with Crippen LogP contribution in [0.2, 0.25) is 0 Å². The van der Waals surface area contributed by atoms with Crippen LogP contribution < -0.4 is 0 Å². The van der Waals surface area contributed by atoms with E-state index in [4.69, 9.17) is 16.6 Å². The lowest BCUT2D eigenvalue weighted by atomic mass is 10.2. The zero-order valence-electron chi connectivity index (χ0n) is 12.2. The van der Waals surface area contributed by atoms with Gasteiger partial charge in [0, 0.05) is 10.2 Å². The fourth-order valence-electron chi connectivity index (χ4n) is 2.64. The number of imidazole rings is 1. The van der Waals surface area contributed by atoms with Crippen LogP contribution in [0.3, 0.4) is 0 Å². The third-order valence-corrected chi connectivity index (χ3v) is 4.21. The second-order valence-electron chi connectivity index (χ2n) is 5.35. The molecular weight excluding hydrogens is 348 g/mol. The smallest absolute Gasteiger partial charge is 0.132 e. The topological polar surface area (TPSA) is 17.8 Å². The monoisotopic (exact) mass is 362 g/mol. The number of halogens is 2. The average molecular weight is 364 g/mol. The summed E-state index contributed by atoms with van der Waals surface area (Å²) in [5, 5.41) is -0.156. The maximum atomic E-state index is 6.37. The highest BCUT2D eigenvalue weighted by molar-refractivity contribution is 9.10. The third kappa shape index (κ3) is 2.60. The predicted molar refractivity (Wildman–Crippen MR) is 92.5 cm³/mol. The van der Waals surface area contributed by atoms with E-state index in [1.54, 1.807) is 0 Å². The van der Waals surface area contributed by atoms with Crippen molar-refractivity contribution in [3.63, 3.8) is 0 Å². The van der Waals surface area contributed by atoms with E-state index in [9.17, 15) is 0 Å². The van der Waals surface area contributed by atoms with E-state index in [2.05, 4.69) is 70.7 Å². The molecule has 0 spiro atoms. The lowest BCUT2D eigenvalue weighted by Gasteiger charge is -2.12. The van der Waals surface area contributed by atoms with Crippen molar-refractivity contribution in [2.45, 2.75) is 26.1 Å². The maximum absolute atomic E-state index is 6.37. The van der Waals surface area contributed by atoms with E-state index in [1.165, 1.54) is 5.56 Å². The summed E-state index contributed by atoms with van der Waals surface area (Å²) in [5.74, 6) is 0.874. The molecule has 1 aromatic heterocycles. The molecule has 0 aliphatic carbocycles. The molecule has 0 N–H and O–H groups in total. The largest absolute Gasteiger partial charge is 0.295 e. The van der Waals surface area contributed by atoms with Gasteiger partial charge in [-0.1, -0.05) is 28.1 Å². The standard InChI is InChI=1S/C17H16BrClN2/c1-10-7-13(18)9-14(8-10)21-15-6-4-5-11(2)16(15)20-17(21)12(3)19/h4-9,12H,1-3H3. The Hall–Kier alpha value is -1.32. The first-order valence-corrected chi connectivity index (χ1v) is 8.10. The van der Waals surface area contributed by atoms with E-state index in [1.807, 2.05) is 6.92 Å². The fraction of sp³-hybridized carbons (Fsp3) is 0.235. The van der Waals surface area contributed by atoms with E-state index in [0.717, 1.165) is 32.6 Å². The molecule has 0 amide bonds. The van der Waals surface area contributed by atoms with Crippen molar-refractivity contribution in [3.8, 4) is 5.69 Å². The Bertz CT molecular complexity index is 801. The number of rotatable bonds is 2. The number of para-hydroxylation sites is 1. The van der Waals surface area contributed by atoms with Crippen LogP contribution in [0.4, 0.5) is 0 Å². The van der Waals surface area contributed by atoms with Crippen LogP contribution in [-0.2, 0) is 0 Å². The molecular formula is C17H16BrClN2. The lowest BCUT2D eigenvalue weighted by molar-refractivity contribution is 0.881. The summed E-state index contributed by atoms with van der Waals surface area (Å²) in [7, 11) is 0. The third-order valence-electron chi connectivity index (χ3n) is 3.55. The summed E-state index contributed by atoms with van der Waals surface area (Å²) in [5.41, 5.74) is 5.55. The van der Waals surface area contributed by atoms with Gasteiger partial charge in [0.15, 0.2) is 0 Å². The summed E-state index contributed by atoms with van der Waals surface area (Å²) in [6, 6.07) is 12.6. The van der Waals surface area contributed by atoms with Gasteiger partial charge in [-0.05, 0) is 56.2 Å². The zero-order valence-corrected chi connectivity index (χ0v) is 14.5. The van der Waals surface area contributed by atoms with Crippen molar-refractivity contribution < 1.29 is 0 Å². The summed E-state index contributed by atoms with van der Waals surface area (Å²) >= 11 is 9.94. The first kappa shape index (κ1) is 14.6. The van der Waals surface area contributed by atoms with Crippen LogP contribution in [0.25, 0.3) is 16.7 Å². The molecule has 2 aromatic carbocycles. The molecule has 3 aromatic rings. The number of hydrogen-bond acceptors (Lipinski definition) is 1. The first-order chi connectivity index (χ1) is 9.97. The van der Waals surface area contributed by atoms with E-state index in [-0.39, 0.29) is 5.38 Å². The second-order valence-corrected chi connectivity index (χ2v) is 6.92. The Morgan fingerprint density at radius 2 is 1.95 bits per heavy atom. The van der Waals surface area contributed by atoms with Gasteiger partial charge < -0.3 is 0 Å². The summed E-state index contributed by atoms with van der Waals surface area (Å²) in [4.78, 5) is 4.76. The highest BCUT2D eigenvalue weighted by Crippen LogP contribution is 2.31. The van der Waals surface area contributed by atoms with Crippen LogP contribution in [-0.4, -0.2) is 9.55 Å². The van der Waals surface area contributed by atoms with Gasteiger partial charge in [-0.15, -0.1) is 11.6 Å². The van der Waals surface area contributed by atoms with Crippen molar-refractivity contribution in [1.29, 1.82) is 0 Å². The number of fused-ring (bicyclic) bond motifs is 1. The molecule has 1 atom stereocenters. The van der Waals surface area contributed by atoms with Crippen molar-refractivity contribution in [2.75, 3.05) is 0 Å². The Morgan fingerprint density at radius 1 is 1.19 bits per heavy atom. The van der Waals surface area contributed by atoms with Crippen LogP contribution in [0.5, 0.6) is 0 Å². The molecule has 2 nitrogen and oxygen atoms in total. The van der Waals surface area contributed by atoms with Gasteiger partial charge in [0.1, 0.15) is 5.82 Å². The molecule has 0 fully saturated rings. The Labute approximate surface area is 137 Å². The molecule has 21 heavy (non-hydrogen) atoms. The number of aryl methyl sites for hydroxylation is 2. The SMILES string of the molecule is Cc1cc(Br)cc(-n2c(C(C)Cl)nc3c(C)cccc32)c1. The predicted octanol–water partition coefficient (Wildman–Crippen LogP) is 5.70. The minimum atomic E-state index is -0.156. The number of alkyl halides is 1. The minimum Gasteiger partial charge on any atom is -0.295 e. The maximum Gasteiger partial charge on any atom is 0.132 e. The number of nitrogens with zero attached hydrogens (tertiary/aromatic N) is 2. The molecule has 108 valence electrons. The van der Waals surface area contributed by atoms with Crippen molar-refractivity contribution >= 4 is 38.6 Å². The average Bonchev–Trinajstić information content (AvgIpc) is 2.78. The molecule has 0 saturated heterocycles. The quantitative estimate of drug-likeness (QED) is 0.534. The molecule has 0 radical (unpaired) electrons. The Morgan fingerprint density at radius 3 is 2.62 bits per heavy atom. The highest BCUT2D eigenvalue weighted by Gasteiger charge is 2.17. The van der Waals surface area contributed by atoms with E-state index in [0.29, 0.717) is 0 Å². The van der Waals surface area contributed by atoms with Crippen molar-refractivity contribution in [3.05, 3.63) is 57.8 Å².